The Hall–Kier alpha value is -1.55. The van der Waals surface area contributed by atoms with Crippen molar-refractivity contribution in [1.29, 1.82) is 0 Å². The first-order chi connectivity index (χ1) is 7.59. The SMILES string of the molecule is C/C(=N\OCCC(=O)O)c1ccc(Cl)cc1. The Morgan fingerprint density at radius 3 is 2.62 bits per heavy atom. The van der Waals surface area contributed by atoms with E-state index in [9.17, 15) is 4.79 Å². The summed E-state index contributed by atoms with van der Waals surface area (Å²) >= 11 is 5.74. The number of oxime groups is 1. The molecule has 0 radical (unpaired) electrons. The molecule has 0 spiro atoms. The number of carboxylic acid groups (broad SMARTS) is 1. The van der Waals surface area contributed by atoms with Crippen molar-refractivity contribution < 1.29 is 14.7 Å². The molecular weight excluding hydrogens is 230 g/mol. The third kappa shape index (κ3) is 4.31. The maximum Gasteiger partial charge on any atom is 0.306 e. The Morgan fingerprint density at radius 2 is 2.06 bits per heavy atom. The van der Waals surface area contributed by atoms with Gasteiger partial charge in [-0.1, -0.05) is 28.9 Å². The molecule has 4 nitrogen and oxygen atoms in total. The highest BCUT2D eigenvalue weighted by Crippen LogP contribution is 2.10. The zero-order chi connectivity index (χ0) is 12.0. The van der Waals surface area contributed by atoms with E-state index in [2.05, 4.69) is 5.16 Å². The van der Waals surface area contributed by atoms with Gasteiger partial charge in [0.05, 0.1) is 12.1 Å². The molecule has 0 saturated carbocycles. The van der Waals surface area contributed by atoms with Crippen LogP contribution in [0.4, 0.5) is 0 Å². The minimum atomic E-state index is -0.903. The molecule has 1 N–H and O–H groups in total. The highest BCUT2D eigenvalue weighted by molar-refractivity contribution is 6.30. The fourth-order valence-electron chi connectivity index (χ4n) is 1.02. The van der Waals surface area contributed by atoms with Crippen molar-refractivity contribution in [1.82, 2.24) is 0 Å². The van der Waals surface area contributed by atoms with Gasteiger partial charge in [-0.15, -0.1) is 0 Å². The first kappa shape index (κ1) is 12.5. The fraction of sp³-hybridized carbons (Fsp3) is 0.273. The normalized spacial score (nSPS) is 11.2. The van der Waals surface area contributed by atoms with Gasteiger partial charge in [-0.2, -0.15) is 0 Å². The van der Waals surface area contributed by atoms with Gasteiger partial charge in [0.2, 0.25) is 0 Å². The Morgan fingerprint density at radius 1 is 1.44 bits per heavy atom. The van der Waals surface area contributed by atoms with Crippen LogP contribution in [-0.4, -0.2) is 23.4 Å². The van der Waals surface area contributed by atoms with E-state index in [-0.39, 0.29) is 13.0 Å². The van der Waals surface area contributed by atoms with Crippen molar-refractivity contribution in [2.24, 2.45) is 5.16 Å². The Labute approximate surface area is 98.5 Å². The predicted octanol–water partition coefficient (Wildman–Crippen LogP) is 2.56. The van der Waals surface area contributed by atoms with Crippen molar-refractivity contribution in [2.75, 3.05) is 6.61 Å². The summed E-state index contributed by atoms with van der Waals surface area (Å²) in [5.41, 5.74) is 1.57. The lowest BCUT2D eigenvalue weighted by atomic mass is 10.1. The lowest BCUT2D eigenvalue weighted by Crippen LogP contribution is -2.02. The van der Waals surface area contributed by atoms with Crippen LogP contribution in [0, 0.1) is 0 Å². The molecule has 0 aliphatic heterocycles. The van der Waals surface area contributed by atoms with Crippen LogP contribution in [0.1, 0.15) is 18.9 Å². The highest BCUT2D eigenvalue weighted by atomic mass is 35.5. The van der Waals surface area contributed by atoms with E-state index >= 15 is 0 Å². The van der Waals surface area contributed by atoms with Gasteiger partial charge in [0.1, 0.15) is 6.61 Å². The number of carbonyl (C=O) groups is 1. The first-order valence-electron chi connectivity index (χ1n) is 4.74. The van der Waals surface area contributed by atoms with Gasteiger partial charge >= 0.3 is 5.97 Å². The standard InChI is InChI=1S/C11H12ClNO3/c1-8(13-16-7-6-11(14)15)9-2-4-10(12)5-3-9/h2-5H,6-7H2,1H3,(H,14,15)/b13-8+. The monoisotopic (exact) mass is 241 g/mol. The van der Waals surface area contributed by atoms with Gasteiger partial charge in [-0.3, -0.25) is 4.79 Å². The molecule has 0 aliphatic carbocycles. The smallest absolute Gasteiger partial charge is 0.306 e. The summed E-state index contributed by atoms with van der Waals surface area (Å²) in [4.78, 5) is 15.1. The van der Waals surface area contributed by atoms with Crippen LogP contribution in [0.3, 0.4) is 0 Å². The second-order valence-corrected chi connectivity index (χ2v) is 3.60. The van der Waals surface area contributed by atoms with Crippen LogP contribution < -0.4 is 0 Å². The average molecular weight is 242 g/mol. The van der Waals surface area contributed by atoms with Gasteiger partial charge in [-0.05, 0) is 24.6 Å². The molecule has 16 heavy (non-hydrogen) atoms. The average Bonchev–Trinajstić information content (AvgIpc) is 2.25. The van der Waals surface area contributed by atoms with E-state index in [4.69, 9.17) is 21.5 Å². The topological polar surface area (TPSA) is 58.9 Å². The van der Waals surface area contributed by atoms with Crippen LogP contribution in [0.5, 0.6) is 0 Å². The van der Waals surface area contributed by atoms with Gasteiger partial charge in [0.15, 0.2) is 0 Å². The molecule has 0 aliphatic rings. The number of benzene rings is 1. The summed E-state index contributed by atoms with van der Waals surface area (Å²) in [7, 11) is 0. The highest BCUT2D eigenvalue weighted by Gasteiger charge is 1.99. The molecule has 0 saturated heterocycles. The van der Waals surface area contributed by atoms with E-state index in [0.717, 1.165) is 5.56 Å². The molecule has 0 bridgehead atoms. The molecule has 0 aromatic heterocycles. The van der Waals surface area contributed by atoms with E-state index in [0.29, 0.717) is 10.7 Å². The Bertz CT molecular complexity index is 387. The third-order valence-corrected chi connectivity index (χ3v) is 2.12. The molecule has 0 atom stereocenters. The second kappa shape index (κ2) is 6.12. The van der Waals surface area contributed by atoms with Crippen LogP contribution in [0.25, 0.3) is 0 Å². The lowest BCUT2D eigenvalue weighted by Gasteiger charge is -2.01. The van der Waals surface area contributed by atoms with Crippen molar-refractivity contribution in [2.45, 2.75) is 13.3 Å². The number of hydrogen-bond acceptors (Lipinski definition) is 3. The number of halogens is 1. The summed E-state index contributed by atoms with van der Waals surface area (Å²) in [6, 6.07) is 7.16. The number of rotatable bonds is 5. The summed E-state index contributed by atoms with van der Waals surface area (Å²) in [6.07, 6.45) is -0.0581. The molecule has 5 heteroatoms. The summed E-state index contributed by atoms with van der Waals surface area (Å²) in [6.45, 7) is 1.85. The van der Waals surface area contributed by atoms with Crippen molar-refractivity contribution in [3.63, 3.8) is 0 Å². The zero-order valence-electron chi connectivity index (χ0n) is 8.81. The van der Waals surface area contributed by atoms with E-state index in [1.54, 1.807) is 19.1 Å². The molecule has 0 amide bonds. The summed E-state index contributed by atoms with van der Waals surface area (Å²) in [5, 5.41) is 12.8. The fourth-order valence-corrected chi connectivity index (χ4v) is 1.15. The molecule has 0 unspecified atom stereocenters. The van der Waals surface area contributed by atoms with Crippen LogP contribution in [0.2, 0.25) is 5.02 Å². The summed E-state index contributed by atoms with van der Waals surface area (Å²) in [5.74, 6) is -0.903. The maximum atomic E-state index is 10.2. The van der Waals surface area contributed by atoms with Gasteiger partial charge in [0.25, 0.3) is 0 Å². The van der Waals surface area contributed by atoms with Gasteiger partial charge in [0, 0.05) is 5.02 Å². The molecule has 0 heterocycles. The van der Waals surface area contributed by atoms with Crippen LogP contribution in [-0.2, 0) is 9.63 Å². The Balaban J connectivity index is 2.50. The minimum absolute atomic E-state index is 0.0581. The van der Waals surface area contributed by atoms with Gasteiger partial charge in [-0.25, -0.2) is 0 Å². The Kier molecular flexibility index (Phi) is 4.79. The first-order valence-corrected chi connectivity index (χ1v) is 5.11. The molecular formula is C11H12ClNO3. The molecule has 0 fully saturated rings. The number of carboxylic acids is 1. The van der Waals surface area contributed by atoms with Crippen molar-refractivity contribution in [3.8, 4) is 0 Å². The zero-order valence-corrected chi connectivity index (χ0v) is 9.57. The molecule has 1 aromatic carbocycles. The predicted molar refractivity (Wildman–Crippen MR) is 61.9 cm³/mol. The quantitative estimate of drug-likeness (QED) is 0.490. The number of hydrogen-bond donors (Lipinski definition) is 1. The minimum Gasteiger partial charge on any atom is -0.481 e. The largest absolute Gasteiger partial charge is 0.481 e. The van der Waals surface area contributed by atoms with Gasteiger partial charge < -0.3 is 9.94 Å². The maximum absolute atomic E-state index is 10.2. The molecule has 86 valence electrons. The van der Waals surface area contributed by atoms with E-state index < -0.39 is 5.97 Å². The summed E-state index contributed by atoms with van der Waals surface area (Å²) < 4.78 is 0. The number of nitrogens with zero attached hydrogens (tertiary/aromatic N) is 1. The molecule has 1 aromatic rings. The van der Waals surface area contributed by atoms with Crippen LogP contribution >= 0.6 is 11.6 Å². The second-order valence-electron chi connectivity index (χ2n) is 3.16. The van der Waals surface area contributed by atoms with Crippen molar-refractivity contribution in [3.05, 3.63) is 34.9 Å². The van der Waals surface area contributed by atoms with Crippen molar-refractivity contribution >= 4 is 23.3 Å². The van der Waals surface area contributed by atoms with E-state index in [1.807, 2.05) is 12.1 Å². The number of aliphatic carboxylic acids is 1. The third-order valence-electron chi connectivity index (χ3n) is 1.87. The van der Waals surface area contributed by atoms with E-state index in [1.165, 1.54) is 0 Å². The molecule has 1 rings (SSSR count). The lowest BCUT2D eigenvalue weighted by molar-refractivity contribution is -0.138. The van der Waals surface area contributed by atoms with Crippen LogP contribution in [0.15, 0.2) is 29.4 Å².